The Kier molecular flexibility index (Phi) is 6.01. The topological polar surface area (TPSA) is 60.7 Å². The molecule has 148 valence electrons. The summed E-state index contributed by atoms with van der Waals surface area (Å²) < 4.78 is 0. The molecule has 0 bridgehead atoms. The summed E-state index contributed by atoms with van der Waals surface area (Å²) in [6.07, 6.45) is 14.0. The van der Waals surface area contributed by atoms with Gasteiger partial charge in [-0.1, -0.05) is 30.2 Å². The van der Waals surface area contributed by atoms with Gasteiger partial charge in [-0.3, -0.25) is 0 Å². The van der Waals surface area contributed by atoms with E-state index < -0.39 is 17.8 Å². The van der Waals surface area contributed by atoms with Crippen molar-refractivity contribution in [1.82, 2.24) is 0 Å². The molecule has 0 amide bonds. The fourth-order valence-electron chi connectivity index (χ4n) is 5.88. The Morgan fingerprint density at radius 2 is 1.81 bits per heavy atom. The number of aliphatic hydroxyl groups is 3. The zero-order valence-electron chi connectivity index (χ0n) is 16.9. The lowest BCUT2D eigenvalue weighted by atomic mass is 9.62. The Hall–Kier alpha value is -0.640. The van der Waals surface area contributed by atoms with Crippen molar-refractivity contribution >= 4 is 0 Å². The van der Waals surface area contributed by atoms with E-state index >= 15 is 0 Å². The van der Waals surface area contributed by atoms with Crippen molar-refractivity contribution in [2.75, 3.05) is 0 Å². The smallest absolute Gasteiger partial charge is 0.0602 e. The molecule has 3 fully saturated rings. The molecule has 0 aromatic heterocycles. The molecule has 0 aromatic carbocycles. The van der Waals surface area contributed by atoms with E-state index in [-0.39, 0.29) is 0 Å². The van der Waals surface area contributed by atoms with Crippen molar-refractivity contribution in [3.05, 3.63) is 23.3 Å². The van der Waals surface area contributed by atoms with Crippen molar-refractivity contribution in [1.29, 1.82) is 0 Å². The Bertz CT molecular complexity index is 544. The first-order chi connectivity index (χ1) is 12.2. The lowest BCUT2D eigenvalue weighted by Gasteiger charge is -2.43. The maximum Gasteiger partial charge on any atom is 0.0602 e. The summed E-state index contributed by atoms with van der Waals surface area (Å²) in [5.74, 6) is 1.38. The second-order valence-corrected chi connectivity index (χ2v) is 10.1. The lowest BCUT2D eigenvalue weighted by Crippen LogP contribution is -2.34. The van der Waals surface area contributed by atoms with Gasteiger partial charge in [0.25, 0.3) is 0 Å². The molecular weight excluding hydrogens is 324 g/mol. The minimum atomic E-state index is -0.561. The molecule has 3 saturated carbocycles. The van der Waals surface area contributed by atoms with Gasteiger partial charge in [0.1, 0.15) is 0 Å². The highest BCUT2D eigenvalue weighted by Gasteiger charge is 2.48. The third-order valence-corrected chi connectivity index (χ3v) is 7.34. The van der Waals surface area contributed by atoms with E-state index in [0.717, 1.165) is 12.8 Å². The van der Waals surface area contributed by atoms with Crippen LogP contribution in [0.25, 0.3) is 0 Å². The fraction of sp³-hybridized carbons (Fsp3) is 0.826. The molecule has 0 aromatic rings. The van der Waals surface area contributed by atoms with Crippen LogP contribution in [0.2, 0.25) is 0 Å². The first-order valence-corrected chi connectivity index (χ1v) is 10.6. The van der Waals surface area contributed by atoms with Crippen molar-refractivity contribution in [3.63, 3.8) is 0 Å². The van der Waals surface area contributed by atoms with Crippen LogP contribution in [0.15, 0.2) is 23.3 Å². The number of hydrogen-bond acceptors (Lipinski definition) is 3. The first kappa shape index (κ1) is 20.1. The van der Waals surface area contributed by atoms with E-state index in [1.807, 2.05) is 13.8 Å². The van der Waals surface area contributed by atoms with Gasteiger partial charge in [-0.05, 0) is 95.3 Å². The summed E-state index contributed by atoms with van der Waals surface area (Å²) in [6.45, 7) is 6.33. The normalized spacial score (nSPS) is 41.6. The number of allylic oxidation sites excluding steroid dienone is 3. The minimum absolute atomic E-state index is 0.374. The van der Waals surface area contributed by atoms with Crippen LogP contribution in [-0.4, -0.2) is 33.1 Å². The van der Waals surface area contributed by atoms with E-state index in [1.165, 1.54) is 37.7 Å². The third kappa shape index (κ3) is 4.61. The number of fused-ring (bicyclic) bond motifs is 1. The molecule has 3 nitrogen and oxygen atoms in total. The van der Waals surface area contributed by atoms with Gasteiger partial charge in [0, 0.05) is 0 Å². The average Bonchev–Trinajstić information content (AvgIpc) is 2.86. The van der Waals surface area contributed by atoms with Crippen molar-refractivity contribution in [2.24, 2.45) is 17.3 Å². The van der Waals surface area contributed by atoms with Gasteiger partial charge in [-0.15, -0.1) is 0 Å². The largest absolute Gasteiger partial charge is 0.393 e. The summed E-state index contributed by atoms with van der Waals surface area (Å²) in [7, 11) is 0. The van der Waals surface area contributed by atoms with Crippen LogP contribution in [0.1, 0.15) is 85.0 Å². The average molecular weight is 363 g/mol. The summed E-state index contributed by atoms with van der Waals surface area (Å²) in [6, 6.07) is 0. The molecule has 3 N–H and O–H groups in total. The van der Waals surface area contributed by atoms with E-state index in [9.17, 15) is 15.3 Å². The highest BCUT2D eigenvalue weighted by atomic mass is 16.3. The van der Waals surface area contributed by atoms with Gasteiger partial charge in [0.2, 0.25) is 0 Å². The SMILES string of the molecule is CC(C)(O)CCC1CCC2/C(=C/C=C3CC(O)C[C@H](O)C3)CCC[C@]12C. The molecule has 0 heterocycles. The van der Waals surface area contributed by atoms with Crippen LogP contribution in [0.5, 0.6) is 0 Å². The van der Waals surface area contributed by atoms with Crippen LogP contribution < -0.4 is 0 Å². The van der Waals surface area contributed by atoms with Gasteiger partial charge in [0.15, 0.2) is 0 Å². The molecule has 3 aliphatic rings. The molecule has 3 rings (SSSR count). The Balaban J connectivity index is 1.71. The summed E-state index contributed by atoms with van der Waals surface area (Å²) in [5, 5.41) is 29.9. The van der Waals surface area contributed by atoms with Crippen molar-refractivity contribution < 1.29 is 15.3 Å². The highest BCUT2D eigenvalue weighted by Crippen LogP contribution is 2.58. The molecule has 0 aliphatic heterocycles. The Morgan fingerprint density at radius 3 is 2.46 bits per heavy atom. The van der Waals surface area contributed by atoms with E-state index in [1.54, 1.807) is 5.57 Å². The van der Waals surface area contributed by atoms with E-state index in [4.69, 9.17) is 0 Å². The van der Waals surface area contributed by atoms with Gasteiger partial charge in [-0.25, -0.2) is 0 Å². The van der Waals surface area contributed by atoms with Crippen LogP contribution in [-0.2, 0) is 0 Å². The zero-order valence-corrected chi connectivity index (χ0v) is 16.9. The van der Waals surface area contributed by atoms with E-state index in [0.29, 0.717) is 36.5 Å². The zero-order chi connectivity index (χ0) is 18.9. The molecule has 3 unspecified atom stereocenters. The molecule has 3 aliphatic carbocycles. The number of rotatable bonds is 4. The van der Waals surface area contributed by atoms with Crippen LogP contribution in [0, 0.1) is 17.3 Å². The van der Waals surface area contributed by atoms with Crippen LogP contribution in [0.3, 0.4) is 0 Å². The number of aliphatic hydroxyl groups excluding tert-OH is 2. The third-order valence-electron chi connectivity index (χ3n) is 7.34. The standard InChI is InChI=1S/C23H38O3/c1-22(2,26)12-10-18-8-9-21-17(5-4-11-23(18,21)3)7-6-16-13-19(24)15-20(25)14-16/h6-7,18-21,24-26H,4-5,8-15H2,1-3H3/b16-6?,17-7+/t18?,19-,20?,21?,23-/m1/s1. The maximum absolute atomic E-state index is 10.1. The summed E-state index contributed by atoms with van der Waals surface area (Å²) >= 11 is 0. The highest BCUT2D eigenvalue weighted by molar-refractivity contribution is 5.26. The fourth-order valence-corrected chi connectivity index (χ4v) is 5.88. The quantitative estimate of drug-likeness (QED) is 0.689. The monoisotopic (exact) mass is 362 g/mol. The van der Waals surface area contributed by atoms with Crippen molar-refractivity contribution in [2.45, 2.75) is 103 Å². The van der Waals surface area contributed by atoms with E-state index in [2.05, 4.69) is 19.1 Å². The summed E-state index contributed by atoms with van der Waals surface area (Å²) in [5.41, 5.74) is 2.58. The molecule has 26 heavy (non-hydrogen) atoms. The predicted octanol–water partition coefficient (Wildman–Crippen LogP) is 4.51. The predicted molar refractivity (Wildman–Crippen MR) is 106 cm³/mol. The first-order valence-electron chi connectivity index (χ1n) is 10.6. The van der Waals surface area contributed by atoms with Gasteiger partial charge >= 0.3 is 0 Å². The second-order valence-electron chi connectivity index (χ2n) is 10.1. The lowest BCUT2D eigenvalue weighted by molar-refractivity contribution is 0.0479. The van der Waals surface area contributed by atoms with Gasteiger partial charge in [-0.2, -0.15) is 0 Å². The van der Waals surface area contributed by atoms with Gasteiger partial charge in [0.05, 0.1) is 17.8 Å². The van der Waals surface area contributed by atoms with Crippen LogP contribution in [0.4, 0.5) is 0 Å². The minimum Gasteiger partial charge on any atom is -0.393 e. The molecule has 0 saturated heterocycles. The molecule has 5 atom stereocenters. The second kappa shape index (κ2) is 7.77. The maximum atomic E-state index is 10.1. The Labute approximate surface area is 159 Å². The molecule has 3 heteroatoms. The molecule has 0 radical (unpaired) electrons. The van der Waals surface area contributed by atoms with Crippen molar-refractivity contribution in [3.8, 4) is 0 Å². The molecular formula is C23H38O3. The number of hydrogen-bond donors (Lipinski definition) is 3. The Morgan fingerprint density at radius 1 is 1.12 bits per heavy atom. The van der Waals surface area contributed by atoms with Crippen LogP contribution >= 0.6 is 0 Å². The van der Waals surface area contributed by atoms with Gasteiger partial charge < -0.3 is 15.3 Å². The molecule has 0 spiro atoms. The summed E-state index contributed by atoms with van der Waals surface area (Å²) in [4.78, 5) is 0.